The molecule has 6 nitrogen and oxygen atoms in total. The minimum absolute atomic E-state index is 0.0984. The van der Waals surface area contributed by atoms with E-state index >= 15 is 0 Å². The molecule has 3 aromatic rings. The van der Waals surface area contributed by atoms with Crippen molar-refractivity contribution in [3.05, 3.63) is 28.9 Å². The van der Waals surface area contributed by atoms with Crippen LogP contribution in [-0.4, -0.2) is 32.9 Å². The summed E-state index contributed by atoms with van der Waals surface area (Å²) >= 11 is 1.62. The van der Waals surface area contributed by atoms with Gasteiger partial charge in [-0.15, -0.1) is 0 Å². The number of aliphatic hydroxyl groups is 1. The van der Waals surface area contributed by atoms with E-state index in [1.807, 2.05) is 18.2 Å². The lowest BCUT2D eigenvalue weighted by atomic mass is 10.1. The predicted octanol–water partition coefficient (Wildman–Crippen LogP) is 2.60. The highest BCUT2D eigenvalue weighted by Gasteiger charge is 2.29. The third-order valence-electron chi connectivity index (χ3n) is 4.20. The van der Waals surface area contributed by atoms with E-state index < -0.39 is 0 Å². The molecule has 0 atom stereocenters. The van der Waals surface area contributed by atoms with Crippen LogP contribution in [0.2, 0.25) is 0 Å². The molecule has 2 aliphatic rings. The zero-order chi connectivity index (χ0) is 15.4. The van der Waals surface area contributed by atoms with Gasteiger partial charge in [0.15, 0.2) is 11.5 Å². The predicted molar refractivity (Wildman–Crippen MR) is 85.2 cm³/mol. The fraction of sp³-hybridized carbons (Fsp3) is 0.375. The van der Waals surface area contributed by atoms with Crippen LogP contribution in [0.3, 0.4) is 0 Å². The highest BCUT2D eigenvalue weighted by atomic mass is 32.1. The number of imidazole rings is 1. The Labute approximate surface area is 136 Å². The van der Waals surface area contributed by atoms with Gasteiger partial charge in [0, 0.05) is 11.5 Å². The monoisotopic (exact) mass is 329 g/mol. The molecular weight excluding hydrogens is 314 g/mol. The maximum atomic E-state index is 9.82. The Morgan fingerprint density at radius 1 is 1.22 bits per heavy atom. The SMILES string of the molecule is OCc1c(-c2ccc3c(c2)OCCO3)nc2sc(C3CC3)nn12. The molecule has 0 unspecified atom stereocenters. The molecule has 0 bridgehead atoms. The van der Waals surface area contributed by atoms with Gasteiger partial charge in [-0.2, -0.15) is 5.10 Å². The van der Waals surface area contributed by atoms with E-state index in [1.54, 1.807) is 15.9 Å². The molecular formula is C16H15N3O3S. The van der Waals surface area contributed by atoms with Gasteiger partial charge in [0.05, 0.1) is 18.0 Å². The number of fused-ring (bicyclic) bond motifs is 2. The molecule has 2 aromatic heterocycles. The van der Waals surface area contributed by atoms with Crippen molar-refractivity contribution in [2.24, 2.45) is 0 Å². The number of rotatable bonds is 3. The lowest BCUT2D eigenvalue weighted by Crippen LogP contribution is -2.15. The summed E-state index contributed by atoms with van der Waals surface area (Å²) in [5, 5.41) is 15.6. The van der Waals surface area contributed by atoms with Crippen LogP contribution in [0, 0.1) is 0 Å². The van der Waals surface area contributed by atoms with E-state index in [0.29, 0.717) is 19.1 Å². The molecule has 118 valence electrons. The summed E-state index contributed by atoms with van der Waals surface area (Å²) in [5.74, 6) is 2.06. The number of hydrogen-bond acceptors (Lipinski definition) is 6. The number of nitrogens with zero attached hydrogens (tertiary/aromatic N) is 3. The van der Waals surface area contributed by atoms with Gasteiger partial charge in [0.1, 0.15) is 18.2 Å². The van der Waals surface area contributed by atoms with Crippen molar-refractivity contribution in [2.45, 2.75) is 25.4 Å². The van der Waals surface area contributed by atoms with Crippen molar-refractivity contribution in [3.8, 4) is 22.8 Å². The van der Waals surface area contributed by atoms with E-state index in [9.17, 15) is 5.11 Å². The second kappa shape index (κ2) is 4.94. The molecule has 5 rings (SSSR count). The largest absolute Gasteiger partial charge is 0.486 e. The van der Waals surface area contributed by atoms with Crippen LogP contribution in [-0.2, 0) is 6.61 Å². The molecule has 1 aromatic carbocycles. The highest BCUT2D eigenvalue weighted by molar-refractivity contribution is 7.16. The van der Waals surface area contributed by atoms with Crippen LogP contribution in [0.5, 0.6) is 11.5 Å². The van der Waals surface area contributed by atoms with Crippen LogP contribution in [0.4, 0.5) is 0 Å². The zero-order valence-corrected chi connectivity index (χ0v) is 13.2. The van der Waals surface area contributed by atoms with Gasteiger partial charge in [-0.3, -0.25) is 0 Å². The third kappa shape index (κ3) is 2.11. The first-order valence-electron chi connectivity index (χ1n) is 7.72. The zero-order valence-electron chi connectivity index (χ0n) is 12.4. The second-order valence-corrected chi connectivity index (χ2v) is 6.82. The molecule has 3 heterocycles. The Bertz CT molecular complexity index is 897. The Balaban J connectivity index is 1.62. The molecule has 1 saturated carbocycles. The number of aliphatic hydroxyl groups excluding tert-OH is 1. The lowest BCUT2D eigenvalue weighted by Gasteiger charge is -2.18. The standard InChI is InChI=1S/C16H15N3O3S/c20-8-11-14(10-3-4-12-13(7-10)22-6-5-21-12)17-16-19(11)18-15(23-16)9-1-2-9/h3-4,7,9,20H,1-2,5-6,8H2. The fourth-order valence-electron chi connectivity index (χ4n) is 2.86. The second-order valence-electron chi connectivity index (χ2n) is 5.83. The first-order valence-corrected chi connectivity index (χ1v) is 8.54. The molecule has 7 heteroatoms. The van der Waals surface area contributed by atoms with Gasteiger partial charge in [0.2, 0.25) is 4.96 Å². The molecule has 1 N–H and O–H groups in total. The summed E-state index contributed by atoms with van der Waals surface area (Å²) in [5.41, 5.74) is 2.38. The molecule has 0 spiro atoms. The van der Waals surface area contributed by atoms with Gasteiger partial charge >= 0.3 is 0 Å². The van der Waals surface area contributed by atoms with Gasteiger partial charge in [0.25, 0.3) is 0 Å². The van der Waals surface area contributed by atoms with Crippen LogP contribution >= 0.6 is 11.3 Å². The molecule has 0 amide bonds. The van der Waals surface area contributed by atoms with Crippen LogP contribution in [0.25, 0.3) is 16.2 Å². The molecule has 23 heavy (non-hydrogen) atoms. The van der Waals surface area contributed by atoms with Gasteiger partial charge in [-0.05, 0) is 31.0 Å². The van der Waals surface area contributed by atoms with Gasteiger partial charge < -0.3 is 14.6 Å². The van der Waals surface area contributed by atoms with Crippen molar-refractivity contribution < 1.29 is 14.6 Å². The first-order chi connectivity index (χ1) is 11.3. The van der Waals surface area contributed by atoms with Gasteiger partial charge in [-0.25, -0.2) is 9.50 Å². The summed E-state index contributed by atoms with van der Waals surface area (Å²) in [7, 11) is 0. The van der Waals surface area contributed by atoms with E-state index in [1.165, 1.54) is 12.8 Å². The lowest BCUT2D eigenvalue weighted by molar-refractivity contribution is 0.171. The van der Waals surface area contributed by atoms with E-state index in [2.05, 4.69) is 5.10 Å². The minimum Gasteiger partial charge on any atom is -0.486 e. The quantitative estimate of drug-likeness (QED) is 0.800. The number of benzene rings is 1. The molecule has 1 aliphatic carbocycles. The smallest absolute Gasteiger partial charge is 0.213 e. The van der Waals surface area contributed by atoms with Crippen LogP contribution in [0.15, 0.2) is 18.2 Å². The van der Waals surface area contributed by atoms with Crippen molar-refractivity contribution in [1.82, 2.24) is 14.6 Å². The summed E-state index contributed by atoms with van der Waals surface area (Å²) < 4.78 is 13.0. The summed E-state index contributed by atoms with van der Waals surface area (Å²) in [6.07, 6.45) is 2.42. The van der Waals surface area contributed by atoms with Gasteiger partial charge in [-0.1, -0.05) is 11.3 Å². The first kappa shape index (κ1) is 13.3. The minimum atomic E-state index is -0.0984. The third-order valence-corrected chi connectivity index (χ3v) is 5.27. The topological polar surface area (TPSA) is 68.9 Å². The molecule has 0 saturated heterocycles. The van der Waals surface area contributed by atoms with E-state index in [-0.39, 0.29) is 6.61 Å². The fourth-order valence-corrected chi connectivity index (χ4v) is 3.95. The van der Waals surface area contributed by atoms with Crippen molar-refractivity contribution in [1.29, 1.82) is 0 Å². The summed E-state index contributed by atoms with van der Waals surface area (Å²) in [4.78, 5) is 5.53. The number of hydrogen-bond donors (Lipinski definition) is 1. The number of aromatic nitrogens is 3. The Kier molecular flexibility index (Phi) is 2.86. The number of ether oxygens (including phenoxy) is 2. The van der Waals surface area contributed by atoms with E-state index in [0.717, 1.165) is 38.4 Å². The Hall–Kier alpha value is -2.12. The Morgan fingerprint density at radius 3 is 2.83 bits per heavy atom. The maximum absolute atomic E-state index is 9.82. The molecule has 1 aliphatic heterocycles. The van der Waals surface area contributed by atoms with Crippen molar-refractivity contribution in [2.75, 3.05) is 13.2 Å². The normalized spacial score (nSPS) is 16.9. The summed E-state index contributed by atoms with van der Waals surface area (Å²) in [6.45, 7) is 1.02. The van der Waals surface area contributed by atoms with E-state index in [4.69, 9.17) is 14.5 Å². The van der Waals surface area contributed by atoms with Crippen LogP contribution in [0.1, 0.15) is 29.5 Å². The van der Waals surface area contributed by atoms with Crippen molar-refractivity contribution >= 4 is 16.3 Å². The average Bonchev–Trinajstić information content (AvgIpc) is 3.26. The average molecular weight is 329 g/mol. The highest BCUT2D eigenvalue weighted by Crippen LogP contribution is 2.43. The summed E-state index contributed by atoms with van der Waals surface area (Å²) in [6, 6.07) is 5.75. The van der Waals surface area contributed by atoms with Crippen LogP contribution < -0.4 is 9.47 Å². The Morgan fingerprint density at radius 2 is 2.04 bits per heavy atom. The molecule has 1 fully saturated rings. The molecule has 0 radical (unpaired) electrons. The van der Waals surface area contributed by atoms with Crippen molar-refractivity contribution in [3.63, 3.8) is 0 Å². The maximum Gasteiger partial charge on any atom is 0.213 e.